The van der Waals surface area contributed by atoms with Crippen LogP contribution in [0.4, 0.5) is 17.1 Å². The third-order valence-electron chi connectivity index (χ3n) is 10.4. The Morgan fingerprint density at radius 1 is 0.520 bits per heavy atom. The van der Waals surface area contributed by atoms with Gasteiger partial charge in [-0.05, 0) is 92.0 Å². The van der Waals surface area contributed by atoms with E-state index in [0.717, 1.165) is 35.0 Å². The Hall–Kier alpha value is -6.38. The molecule has 2 heteroatoms. The summed E-state index contributed by atoms with van der Waals surface area (Å²) in [6.45, 7) is 0. The van der Waals surface area contributed by atoms with E-state index in [1.54, 1.807) is 0 Å². The average Bonchev–Trinajstić information content (AvgIpc) is 3.58. The van der Waals surface area contributed by atoms with Gasteiger partial charge in [-0.25, -0.2) is 0 Å². The zero-order chi connectivity index (χ0) is 33.0. The first kappa shape index (κ1) is 28.6. The summed E-state index contributed by atoms with van der Waals surface area (Å²) in [6, 6.07) is 59.6. The number of anilines is 3. The average molecular weight is 640 g/mol. The Labute approximate surface area is 291 Å². The summed E-state index contributed by atoms with van der Waals surface area (Å²) >= 11 is 0. The highest BCUT2D eigenvalue weighted by Crippen LogP contribution is 2.53. The molecule has 8 aromatic rings. The Morgan fingerprint density at radius 3 is 2.02 bits per heavy atom. The van der Waals surface area contributed by atoms with Crippen LogP contribution in [0.15, 0.2) is 188 Å². The molecule has 0 aromatic heterocycles. The Kier molecular flexibility index (Phi) is 6.67. The molecule has 1 aliphatic heterocycles. The van der Waals surface area contributed by atoms with E-state index in [-0.39, 0.29) is 5.92 Å². The molecule has 0 radical (unpaired) electrons. The number of ether oxygens (including phenoxy) is 1. The van der Waals surface area contributed by atoms with Gasteiger partial charge in [0, 0.05) is 16.6 Å². The second-order valence-corrected chi connectivity index (χ2v) is 13.2. The van der Waals surface area contributed by atoms with Crippen molar-refractivity contribution >= 4 is 49.4 Å². The normalized spacial score (nSPS) is 14.7. The fourth-order valence-corrected chi connectivity index (χ4v) is 8.11. The number of fused-ring (bicyclic) bond motifs is 8. The molecule has 0 amide bonds. The molecular weight excluding hydrogens is 607 g/mol. The lowest BCUT2D eigenvalue weighted by Gasteiger charge is -2.31. The van der Waals surface area contributed by atoms with Gasteiger partial charge in [0.15, 0.2) is 0 Å². The van der Waals surface area contributed by atoms with E-state index in [1.807, 2.05) is 0 Å². The van der Waals surface area contributed by atoms with Crippen molar-refractivity contribution in [3.63, 3.8) is 0 Å². The lowest BCUT2D eigenvalue weighted by molar-refractivity contribution is 0.425. The molecule has 10 rings (SSSR count). The number of hydrogen-bond acceptors (Lipinski definition) is 2. The zero-order valence-corrected chi connectivity index (χ0v) is 27.5. The van der Waals surface area contributed by atoms with E-state index >= 15 is 0 Å². The topological polar surface area (TPSA) is 12.5 Å². The van der Waals surface area contributed by atoms with Gasteiger partial charge in [0.05, 0.1) is 17.3 Å². The smallest absolute Gasteiger partial charge is 0.133 e. The molecule has 0 fully saturated rings. The molecule has 1 atom stereocenters. The second kappa shape index (κ2) is 11.6. The maximum atomic E-state index is 6.54. The fraction of sp³-hybridized carbons (Fsp3) is 0.0417. The molecular formula is C48H33NO. The van der Waals surface area contributed by atoms with Gasteiger partial charge in [-0.2, -0.15) is 0 Å². The highest BCUT2D eigenvalue weighted by atomic mass is 16.5. The van der Waals surface area contributed by atoms with Crippen molar-refractivity contribution in [1.82, 2.24) is 0 Å². The van der Waals surface area contributed by atoms with E-state index in [0.29, 0.717) is 0 Å². The molecule has 236 valence electrons. The molecule has 1 aliphatic carbocycles. The van der Waals surface area contributed by atoms with E-state index in [9.17, 15) is 0 Å². The molecule has 0 saturated heterocycles. The predicted molar refractivity (Wildman–Crippen MR) is 210 cm³/mol. The molecule has 50 heavy (non-hydrogen) atoms. The quantitative estimate of drug-likeness (QED) is 0.174. The monoisotopic (exact) mass is 639 g/mol. The minimum atomic E-state index is 0.165. The van der Waals surface area contributed by atoms with Crippen molar-refractivity contribution in [3.05, 3.63) is 193 Å². The maximum absolute atomic E-state index is 6.54. The molecule has 2 nitrogen and oxygen atoms in total. The summed E-state index contributed by atoms with van der Waals surface area (Å²) in [5.74, 6) is 2.12. The third-order valence-corrected chi connectivity index (χ3v) is 10.4. The van der Waals surface area contributed by atoms with Gasteiger partial charge in [-0.1, -0.05) is 146 Å². The summed E-state index contributed by atoms with van der Waals surface area (Å²) in [4.78, 5) is 2.49. The van der Waals surface area contributed by atoms with Crippen molar-refractivity contribution in [2.75, 3.05) is 4.90 Å². The highest BCUT2D eigenvalue weighted by Gasteiger charge is 2.35. The SMILES string of the molecule is C1=CCC2C(=C1)Oc1cccc(N(c3ccc(-c4ccccc4)c(-c4ccccc4)c3)c3cc4ccccc4c4c3ccc3ccccc34)c12. The number of benzene rings is 8. The van der Waals surface area contributed by atoms with Gasteiger partial charge >= 0.3 is 0 Å². The second-order valence-electron chi connectivity index (χ2n) is 13.2. The van der Waals surface area contributed by atoms with Crippen LogP contribution >= 0.6 is 0 Å². The Balaban J connectivity index is 1.31. The van der Waals surface area contributed by atoms with Gasteiger partial charge < -0.3 is 9.64 Å². The highest BCUT2D eigenvalue weighted by molar-refractivity contribution is 6.24. The van der Waals surface area contributed by atoms with Crippen molar-refractivity contribution < 1.29 is 4.74 Å². The standard InChI is InChI=1S/C48H33NO/c1-3-14-32(15-4-1)37-29-27-36(31-42(37)33-16-5-2-6-17-33)49(43-23-13-25-46-48(43)41-22-11-12-24-45(41)50-46)44-30-35-19-8-10-21-39(35)47-38-20-9-7-18-34(38)26-28-40(44)47/h1-21,23-31,41H,22H2. The molecule has 1 heterocycles. The molecule has 0 N–H and O–H groups in total. The molecule has 0 saturated carbocycles. The minimum absolute atomic E-state index is 0.165. The van der Waals surface area contributed by atoms with Crippen molar-refractivity contribution in [2.24, 2.45) is 0 Å². The van der Waals surface area contributed by atoms with Crippen molar-refractivity contribution in [3.8, 4) is 28.0 Å². The van der Waals surface area contributed by atoms with Crippen LogP contribution in [0, 0.1) is 0 Å². The summed E-state index contributed by atoms with van der Waals surface area (Å²) in [5, 5.41) is 7.46. The van der Waals surface area contributed by atoms with E-state index < -0.39 is 0 Å². The first-order valence-electron chi connectivity index (χ1n) is 17.4. The van der Waals surface area contributed by atoms with Crippen LogP contribution in [-0.2, 0) is 0 Å². The fourth-order valence-electron chi connectivity index (χ4n) is 8.11. The van der Waals surface area contributed by atoms with Crippen LogP contribution in [-0.4, -0.2) is 0 Å². The van der Waals surface area contributed by atoms with Crippen LogP contribution in [0.25, 0.3) is 54.6 Å². The number of hydrogen-bond donors (Lipinski definition) is 0. The summed E-state index contributed by atoms with van der Waals surface area (Å²) in [5.41, 5.74) is 9.41. The van der Waals surface area contributed by atoms with E-state index in [4.69, 9.17) is 4.74 Å². The van der Waals surface area contributed by atoms with Crippen molar-refractivity contribution in [1.29, 1.82) is 0 Å². The Bertz CT molecular complexity index is 2640. The van der Waals surface area contributed by atoms with Crippen LogP contribution < -0.4 is 9.64 Å². The van der Waals surface area contributed by atoms with Crippen molar-refractivity contribution in [2.45, 2.75) is 12.3 Å². The van der Waals surface area contributed by atoms with Gasteiger partial charge in [0.1, 0.15) is 11.5 Å². The lowest BCUT2D eigenvalue weighted by atomic mass is 9.89. The lowest BCUT2D eigenvalue weighted by Crippen LogP contribution is -2.14. The number of rotatable bonds is 5. The van der Waals surface area contributed by atoms with Gasteiger partial charge in [-0.15, -0.1) is 0 Å². The van der Waals surface area contributed by atoms with E-state index in [2.05, 4.69) is 187 Å². The van der Waals surface area contributed by atoms with Gasteiger partial charge in [-0.3, -0.25) is 0 Å². The molecule has 8 aromatic carbocycles. The maximum Gasteiger partial charge on any atom is 0.133 e. The van der Waals surface area contributed by atoms with Crippen LogP contribution in [0.1, 0.15) is 17.9 Å². The predicted octanol–water partition coefficient (Wildman–Crippen LogP) is 13.3. The van der Waals surface area contributed by atoms with E-state index in [1.165, 1.54) is 60.1 Å². The summed E-state index contributed by atoms with van der Waals surface area (Å²) in [7, 11) is 0. The van der Waals surface area contributed by atoms with Crippen LogP contribution in [0.3, 0.4) is 0 Å². The first-order valence-corrected chi connectivity index (χ1v) is 17.4. The Morgan fingerprint density at radius 2 is 1.22 bits per heavy atom. The molecule has 0 spiro atoms. The van der Waals surface area contributed by atoms with Crippen LogP contribution in [0.2, 0.25) is 0 Å². The van der Waals surface area contributed by atoms with Crippen LogP contribution in [0.5, 0.6) is 5.75 Å². The number of nitrogens with zero attached hydrogens (tertiary/aromatic N) is 1. The molecule has 0 bridgehead atoms. The molecule has 1 unspecified atom stereocenters. The molecule has 2 aliphatic rings. The van der Waals surface area contributed by atoms with Gasteiger partial charge in [0.2, 0.25) is 0 Å². The summed E-state index contributed by atoms with van der Waals surface area (Å²) < 4.78 is 6.54. The largest absolute Gasteiger partial charge is 0.461 e. The minimum Gasteiger partial charge on any atom is -0.461 e. The third kappa shape index (κ3) is 4.57. The number of allylic oxidation sites excluding steroid dienone is 4. The first-order chi connectivity index (χ1) is 24.8. The summed E-state index contributed by atoms with van der Waals surface area (Å²) in [6.07, 6.45) is 7.41. The zero-order valence-electron chi connectivity index (χ0n) is 27.5. The van der Waals surface area contributed by atoms with Gasteiger partial charge in [0.25, 0.3) is 0 Å².